The predicted molar refractivity (Wildman–Crippen MR) is 161 cm³/mol. The van der Waals surface area contributed by atoms with Gasteiger partial charge < -0.3 is 16.4 Å². The Balaban J connectivity index is 1.27. The van der Waals surface area contributed by atoms with Crippen LogP contribution >= 0.6 is 0 Å². The zero-order valence-electron chi connectivity index (χ0n) is 23.3. The normalized spacial score (nSPS) is 20.0. The quantitative estimate of drug-likeness (QED) is 0.306. The highest BCUT2D eigenvalue weighted by atomic mass is 32.2. The number of carbonyl (C=O) groups is 1. The molecule has 0 saturated carbocycles. The molecule has 4 aromatic heterocycles. The zero-order chi connectivity index (χ0) is 29.9. The van der Waals surface area contributed by atoms with Crippen molar-refractivity contribution in [3.63, 3.8) is 0 Å². The minimum Gasteiger partial charge on any atom is -0.383 e. The van der Waals surface area contributed by atoms with E-state index in [0.29, 0.717) is 29.7 Å². The van der Waals surface area contributed by atoms with Crippen molar-refractivity contribution in [1.29, 1.82) is 0 Å². The van der Waals surface area contributed by atoms with Crippen LogP contribution in [0.25, 0.3) is 28.0 Å². The maximum absolute atomic E-state index is 13.5. The molecule has 43 heavy (non-hydrogen) atoms. The van der Waals surface area contributed by atoms with Gasteiger partial charge in [0.15, 0.2) is 15.5 Å². The molecule has 7 rings (SSSR count). The second kappa shape index (κ2) is 10.1. The second-order valence-electron chi connectivity index (χ2n) is 11.2. The monoisotopic (exact) mass is 595 g/mol. The molecule has 0 spiro atoms. The summed E-state index contributed by atoms with van der Waals surface area (Å²) >= 11 is 0. The predicted octanol–water partition coefficient (Wildman–Crippen LogP) is 3.37. The van der Waals surface area contributed by atoms with Gasteiger partial charge in [0.05, 0.1) is 17.6 Å². The molecule has 6 heterocycles. The number of anilines is 2. The first kappa shape index (κ1) is 27.0. The highest BCUT2D eigenvalue weighted by molar-refractivity contribution is 7.91. The van der Waals surface area contributed by atoms with E-state index in [0.717, 1.165) is 35.9 Å². The van der Waals surface area contributed by atoms with Crippen LogP contribution in [0.1, 0.15) is 47.7 Å². The molecule has 12 nitrogen and oxygen atoms in total. The third kappa shape index (κ3) is 4.56. The fraction of sp³-hybridized carbons (Fsp3) is 0.267. The Morgan fingerprint density at radius 1 is 0.930 bits per heavy atom. The molecule has 0 radical (unpaired) electrons. The van der Waals surface area contributed by atoms with E-state index in [2.05, 4.69) is 20.1 Å². The molecule has 2 aliphatic rings. The van der Waals surface area contributed by atoms with Crippen LogP contribution in [-0.4, -0.2) is 67.1 Å². The van der Waals surface area contributed by atoms with E-state index in [-0.39, 0.29) is 46.0 Å². The molecule has 13 heteroatoms. The van der Waals surface area contributed by atoms with Crippen LogP contribution in [0.3, 0.4) is 0 Å². The summed E-state index contributed by atoms with van der Waals surface area (Å²) in [4.78, 5) is 32.9. The molecule has 0 aliphatic carbocycles. The number of amides is 1. The highest BCUT2D eigenvalue weighted by Crippen LogP contribution is 2.46. The summed E-state index contributed by atoms with van der Waals surface area (Å²) in [5.74, 6) is -0.285. The largest absolute Gasteiger partial charge is 0.383 e. The van der Waals surface area contributed by atoms with Gasteiger partial charge in [-0.25, -0.2) is 23.4 Å². The molecule has 3 atom stereocenters. The lowest BCUT2D eigenvalue weighted by atomic mass is 9.87. The molecular weight excluding hydrogens is 566 g/mol. The van der Waals surface area contributed by atoms with Gasteiger partial charge in [-0.15, -0.1) is 0 Å². The molecule has 2 bridgehead atoms. The molecule has 2 aliphatic heterocycles. The third-order valence-corrected chi connectivity index (χ3v) is 9.67. The molecule has 0 unspecified atom stereocenters. The Morgan fingerprint density at radius 3 is 2.33 bits per heavy atom. The van der Waals surface area contributed by atoms with Gasteiger partial charge in [-0.05, 0) is 31.7 Å². The van der Waals surface area contributed by atoms with Crippen molar-refractivity contribution < 1.29 is 13.2 Å². The standard InChI is InChI=1S/C30H29N9O3S/c1-43(41,42)26-25(19-11-20-8-9-21(12-19)38(20)30(40)23-14-33-16-35-27(23)31)37-29-22(15-36-39(29)28(26)32)18-7-10-24(34-13-18)17-5-3-2-4-6-17/h2-7,10,13-16,19-21H,8-9,11-12,32H2,1H3,(H2,31,33,35)/t19-,20+,21-. The Bertz CT molecular complexity index is 1960. The first-order valence-corrected chi connectivity index (χ1v) is 15.9. The SMILES string of the molecule is CS(=O)(=O)c1c([C@H]2C[C@H]3CC[C@@H](C2)N3C(=O)c2cncnc2N)nc2c(-c3ccc(-c4ccccc4)nc3)cnn2c1N. The van der Waals surface area contributed by atoms with Crippen LogP contribution in [-0.2, 0) is 9.84 Å². The number of pyridine rings is 1. The summed E-state index contributed by atoms with van der Waals surface area (Å²) in [6.45, 7) is 0. The number of hydrogen-bond acceptors (Lipinski definition) is 10. The van der Waals surface area contributed by atoms with E-state index in [1.165, 1.54) is 17.0 Å². The van der Waals surface area contributed by atoms with Crippen LogP contribution in [0.5, 0.6) is 0 Å². The minimum absolute atomic E-state index is 0.0164. The van der Waals surface area contributed by atoms with Gasteiger partial charge in [-0.2, -0.15) is 9.61 Å². The third-order valence-electron chi connectivity index (χ3n) is 8.51. The molecule has 218 valence electrons. The fourth-order valence-electron chi connectivity index (χ4n) is 6.59. The summed E-state index contributed by atoms with van der Waals surface area (Å²) in [7, 11) is -3.76. The first-order valence-electron chi connectivity index (χ1n) is 14.0. The van der Waals surface area contributed by atoms with Gasteiger partial charge in [-0.3, -0.25) is 9.78 Å². The number of piperidine rings is 1. The molecular formula is C30H29N9O3S. The molecule has 1 aromatic carbocycles. The maximum Gasteiger partial charge on any atom is 0.259 e. The lowest BCUT2D eigenvalue weighted by Gasteiger charge is -2.39. The fourth-order valence-corrected chi connectivity index (χ4v) is 7.64. The van der Waals surface area contributed by atoms with Crippen LogP contribution in [0.15, 0.2) is 72.3 Å². The number of nitrogen functional groups attached to an aromatic ring is 2. The number of nitrogens with two attached hydrogens (primary N) is 2. The lowest BCUT2D eigenvalue weighted by Crippen LogP contribution is -2.46. The minimum atomic E-state index is -3.76. The molecule has 2 saturated heterocycles. The number of fused-ring (bicyclic) bond motifs is 3. The first-order chi connectivity index (χ1) is 20.7. The number of sulfone groups is 1. The maximum atomic E-state index is 13.5. The smallest absolute Gasteiger partial charge is 0.259 e. The summed E-state index contributed by atoms with van der Waals surface area (Å²) in [6, 6.07) is 13.5. The van der Waals surface area contributed by atoms with Crippen molar-refractivity contribution in [2.75, 3.05) is 17.7 Å². The van der Waals surface area contributed by atoms with Gasteiger partial charge in [0.1, 0.15) is 28.4 Å². The number of rotatable bonds is 5. The van der Waals surface area contributed by atoms with E-state index in [9.17, 15) is 13.2 Å². The number of carbonyl (C=O) groups excluding carboxylic acids is 1. The molecule has 4 N–H and O–H groups in total. The summed E-state index contributed by atoms with van der Waals surface area (Å²) in [5.41, 5.74) is 16.9. The Morgan fingerprint density at radius 2 is 1.67 bits per heavy atom. The van der Waals surface area contributed by atoms with Gasteiger partial charge in [-0.1, -0.05) is 36.4 Å². The van der Waals surface area contributed by atoms with Crippen LogP contribution in [0.4, 0.5) is 11.6 Å². The molecule has 1 amide bonds. The lowest BCUT2D eigenvalue weighted by molar-refractivity contribution is 0.0568. The Labute approximate surface area is 247 Å². The van der Waals surface area contributed by atoms with Crippen molar-refractivity contribution >= 4 is 33.0 Å². The zero-order valence-corrected chi connectivity index (χ0v) is 24.1. The van der Waals surface area contributed by atoms with Crippen LogP contribution in [0.2, 0.25) is 0 Å². The number of nitrogens with zero attached hydrogens (tertiary/aromatic N) is 7. The van der Waals surface area contributed by atoms with E-state index < -0.39 is 9.84 Å². The number of hydrogen-bond donors (Lipinski definition) is 2. The average Bonchev–Trinajstić information content (AvgIpc) is 3.55. The second-order valence-corrected chi connectivity index (χ2v) is 13.1. The topological polar surface area (TPSA) is 175 Å². The summed E-state index contributed by atoms with van der Waals surface area (Å²) in [5, 5.41) is 4.42. The van der Waals surface area contributed by atoms with E-state index in [1.807, 2.05) is 47.4 Å². The van der Waals surface area contributed by atoms with Crippen molar-refractivity contribution in [3.05, 3.63) is 78.6 Å². The van der Waals surface area contributed by atoms with Crippen molar-refractivity contribution in [2.45, 2.75) is 48.6 Å². The van der Waals surface area contributed by atoms with Crippen molar-refractivity contribution in [3.8, 4) is 22.4 Å². The Hall–Kier alpha value is -4.91. The summed E-state index contributed by atoms with van der Waals surface area (Å²) in [6.07, 6.45) is 9.94. The number of aromatic nitrogens is 6. The van der Waals surface area contributed by atoms with Gasteiger partial charge in [0.25, 0.3) is 5.91 Å². The molecule has 2 fully saturated rings. The molecule has 5 aromatic rings. The van der Waals surface area contributed by atoms with E-state index in [4.69, 9.17) is 16.5 Å². The van der Waals surface area contributed by atoms with Gasteiger partial charge in [0.2, 0.25) is 0 Å². The van der Waals surface area contributed by atoms with Crippen molar-refractivity contribution in [1.82, 2.24) is 34.4 Å². The van der Waals surface area contributed by atoms with E-state index >= 15 is 0 Å². The Kier molecular flexibility index (Phi) is 6.34. The summed E-state index contributed by atoms with van der Waals surface area (Å²) < 4.78 is 27.6. The van der Waals surface area contributed by atoms with Crippen molar-refractivity contribution in [2.24, 2.45) is 0 Å². The van der Waals surface area contributed by atoms with Crippen LogP contribution in [0, 0.1) is 0 Å². The van der Waals surface area contributed by atoms with Gasteiger partial charge in [0, 0.05) is 53.3 Å². The number of benzene rings is 1. The van der Waals surface area contributed by atoms with Crippen LogP contribution < -0.4 is 11.5 Å². The highest BCUT2D eigenvalue weighted by Gasteiger charge is 2.46. The van der Waals surface area contributed by atoms with E-state index in [1.54, 1.807) is 12.4 Å². The van der Waals surface area contributed by atoms with Gasteiger partial charge >= 0.3 is 0 Å². The average molecular weight is 596 g/mol.